The summed E-state index contributed by atoms with van der Waals surface area (Å²) in [4.78, 5) is 38.4. The van der Waals surface area contributed by atoms with Gasteiger partial charge in [0.25, 0.3) is 5.91 Å². The van der Waals surface area contributed by atoms with Crippen molar-refractivity contribution in [3.8, 4) is 11.4 Å². The first kappa shape index (κ1) is 19.4. The molecule has 0 radical (unpaired) electrons. The molecule has 30 heavy (non-hydrogen) atoms. The molecule has 0 bridgehead atoms. The van der Waals surface area contributed by atoms with Crippen LogP contribution in [0.3, 0.4) is 0 Å². The van der Waals surface area contributed by atoms with Crippen LogP contribution in [0.15, 0.2) is 65.9 Å². The Labute approximate surface area is 173 Å². The van der Waals surface area contributed by atoms with Crippen LogP contribution in [0.25, 0.3) is 11.4 Å². The number of benzene rings is 2. The van der Waals surface area contributed by atoms with Crippen LogP contribution in [-0.4, -0.2) is 39.7 Å². The molecule has 8 heteroatoms. The number of amides is 2. The summed E-state index contributed by atoms with van der Waals surface area (Å²) in [5.41, 5.74) is 7.74. The number of rotatable bonds is 4. The number of aromatic amines is 1. The summed E-state index contributed by atoms with van der Waals surface area (Å²) in [5, 5.41) is 2.93. The minimum Gasteiger partial charge on any atom is -0.369 e. The molecule has 3 aromatic rings. The Kier molecular flexibility index (Phi) is 4.83. The van der Waals surface area contributed by atoms with Gasteiger partial charge in [0.15, 0.2) is 5.96 Å². The van der Waals surface area contributed by atoms with Gasteiger partial charge in [0.2, 0.25) is 5.91 Å². The van der Waals surface area contributed by atoms with Gasteiger partial charge in [-0.2, -0.15) is 0 Å². The number of hydrogen-bond donors (Lipinski definition) is 3. The molecule has 2 heterocycles. The van der Waals surface area contributed by atoms with Crippen LogP contribution < -0.4 is 11.1 Å². The Hall–Kier alpha value is -3.94. The zero-order valence-corrected chi connectivity index (χ0v) is 16.7. The van der Waals surface area contributed by atoms with E-state index in [1.807, 2.05) is 37.3 Å². The summed E-state index contributed by atoms with van der Waals surface area (Å²) in [6, 6.07) is 14.6. The summed E-state index contributed by atoms with van der Waals surface area (Å²) in [7, 11) is 1.61. The predicted octanol–water partition coefficient (Wildman–Crippen LogP) is 2.72. The molecule has 8 nitrogen and oxygen atoms in total. The van der Waals surface area contributed by atoms with Crippen molar-refractivity contribution in [2.75, 3.05) is 12.4 Å². The monoisotopic (exact) mass is 402 g/mol. The predicted molar refractivity (Wildman–Crippen MR) is 115 cm³/mol. The van der Waals surface area contributed by atoms with E-state index in [1.165, 1.54) is 4.90 Å². The average molecular weight is 402 g/mol. The van der Waals surface area contributed by atoms with Crippen LogP contribution in [-0.2, 0) is 10.3 Å². The minimum atomic E-state index is -0.791. The van der Waals surface area contributed by atoms with Gasteiger partial charge in [-0.1, -0.05) is 30.3 Å². The second kappa shape index (κ2) is 7.47. The van der Waals surface area contributed by atoms with Crippen molar-refractivity contribution < 1.29 is 9.59 Å². The second-order valence-corrected chi connectivity index (χ2v) is 7.39. The minimum absolute atomic E-state index is 0.105. The molecule has 4 N–H and O–H groups in total. The summed E-state index contributed by atoms with van der Waals surface area (Å²) < 4.78 is 0. The molecule has 4 rings (SSSR count). The largest absolute Gasteiger partial charge is 0.369 e. The van der Waals surface area contributed by atoms with E-state index in [-0.39, 0.29) is 24.2 Å². The van der Waals surface area contributed by atoms with Gasteiger partial charge < -0.3 is 16.0 Å². The highest BCUT2D eigenvalue weighted by Gasteiger charge is 2.36. The Morgan fingerprint density at radius 1 is 1.23 bits per heavy atom. The third-order valence-electron chi connectivity index (χ3n) is 5.24. The summed E-state index contributed by atoms with van der Waals surface area (Å²) in [6.45, 7) is 1.86. The zero-order chi connectivity index (χ0) is 21.3. The van der Waals surface area contributed by atoms with Crippen LogP contribution in [0.4, 0.5) is 5.69 Å². The number of nitrogens with zero attached hydrogens (tertiary/aromatic N) is 3. The second-order valence-electron chi connectivity index (χ2n) is 7.39. The topological polar surface area (TPSA) is 116 Å². The van der Waals surface area contributed by atoms with Crippen molar-refractivity contribution in [1.82, 2.24) is 14.9 Å². The van der Waals surface area contributed by atoms with Gasteiger partial charge in [-0.3, -0.25) is 14.5 Å². The van der Waals surface area contributed by atoms with Crippen molar-refractivity contribution in [2.24, 2.45) is 10.7 Å². The number of aromatic nitrogens is 2. The molecule has 0 spiro atoms. The van der Waals surface area contributed by atoms with Crippen molar-refractivity contribution in [3.63, 3.8) is 0 Å². The number of aliphatic imine (C=N–C) groups is 1. The summed E-state index contributed by atoms with van der Waals surface area (Å²) >= 11 is 0. The van der Waals surface area contributed by atoms with E-state index in [9.17, 15) is 9.59 Å². The number of carbonyl (C=O) groups excluding carboxylic acids is 2. The molecular formula is C22H22N6O2. The molecule has 2 aromatic carbocycles. The van der Waals surface area contributed by atoms with Gasteiger partial charge in [-0.15, -0.1) is 0 Å². The smallest absolute Gasteiger partial charge is 0.256 e. The first-order valence-electron chi connectivity index (χ1n) is 9.50. The fourth-order valence-corrected chi connectivity index (χ4v) is 3.51. The number of hydrogen-bond acceptors (Lipinski definition) is 5. The van der Waals surface area contributed by atoms with Gasteiger partial charge in [0.1, 0.15) is 5.82 Å². The number of nitrogens with one attached hydrogen (secondary N) is 2. The third-order valence-corrected chi connectivity index (χ3v) is 5.24. The van der Waals surface area contributed by atoms with Crippen LogP contribution >= 0.6 is 0 Å². The Bertz CT molecular complexity index is 1140. The van der Waals surface area contributed by atoms with Gasteiger partial charge >= 0.3 is 0 Å². The first-order chi connectivity index (χ1) is 14.4. The number of carbonyl (C=O) groups is 2. The molecule has 0 aliphatic carbocycles. The fraction of sp³-hybridized carbons (Fsp3) is 0.182. The highest BCUT2D eigenvalue weighted by molar-refractivity contribution is 6.08. The lowest BCUT2D eigenvalue weighted by atomic mass is 9.87. The van der Waals surface area contributed by atoms with E-state index >= 15 is 0 Å². The Morgan fingerprint density at radius 3 is 2.77 bits per heavy atom. The lowest BCUT2D eigenvalue weighted by molar-refractivity contribution is -0.128. The number of imidazole rings is 1. The van der Waals surface area contributed by atoms with E-state index in [2.05, 4.69) is 20.3 Å². The summed E-state index contributed by atoms with van der Waals surface area (Å²) in [6.07, 6.45) is 3.55. The molecule has 0 unspecified atom stereocenters. The Balaban J connectivity index is 1.62. The number of nitrogens with two attached hydrogens (primary N) is 1. The summed E-state index contributed by atoms with van der Waals surface area (Å²) in [5.74, 6) is 0.436. The lowest BCUT2D eigenvalue weighted by Crippen LogP contribution is -2.47. The van der Waals surface area contributed by atoms with Crippen LogP contribution in [0.1, 0.15) is 29.3 Å². The van der Waals surface area contributed by atoms with E-state index in [0.29, 0.717) is 22.6 Å². The van der Waals surface area contributed by atoms with Gasteiger partial charge in [-0.25, -0.2) is 9.98 Å². The number of anilines is 1. The fourth-order valence-electron chi connectivity index (χ4n) is 3.51. The molecule has 0 saturated carbocycles. The molecule has 152 valence electrons. The number of guanidine groups is 1. The van der Waals surface area contributed by atoms with E-state index < -0.39 is 5.54 Å². The highest BCUT2D eigenvalue weighted by Crippen LogP contribution is 2.34. The molecule has 1 aliphatic heterocycles. The van der Waals surface area contributed by atoms with Crippen LogP contribution in [0, 0.1) is 0 Å². The van der Waals surface area contributed by atoms with Gasteiger partial charge in [0.05, 0.1) is 17.5 Å². The lowest BCUT2D eigenvalue weighted by Gasteiger charge is -2.33. The molecular weight excluding hydrogens is 380 g/mol. The molecule has 0 fully saturated rings. The maximum absolute atomic E-state index is 13.0. The van der Waals surface area contributed by atoms with Crippen molar-refractivity contribution in [2.45, 2.75) is 18.9 Å². The SMILES string of the molecule is CN1C(=O)C[C@](C)(c2cccc(NC(=O)c3ccccc3-c3ncc[nH]3)c2)N=C1N. The molecule has 1 aromatic heterocycles. The van der Waals surface area contributed by atoms with Crippen LogP contribution in [0.5, 0.6) is 0 Å². The zero-order valence-electron chi connectivity index (χ0n) is 16.7. The molecule has 2 amide bonds. The number of H-pyrrole nitrogens is 1. The molecule has 0 saturated heterocycles. The van der Waals surface area contributed by atoms with Gasteiger partial charge in [0, 0.05) is 30.7 Å². The molecule has 1 atom stereocenters. The van der Waals surface area contributed by atoms with Gasteiger partial charge in [-0.05, 0) is 30.7 Å². The molecule has 1 aliphatic rings. The van der Waals surface area contributed by atoms with E-state index in [0.717, 1.165) is 5.56 Å². The third kappa shape index (κ3) is 3.55. The maximum Gasteiger partial charge on any atom is 0.256 e. The van der Waals surface area contributed by atoms with E-state index in [4.69, 9.17) is 5.73 Å². The maximum atomic E-state index is 13.0. The van der Waals surface area contributed by atoms with Crippen molar-refractivity contribution >= 4 is 23.5 Å². The van der Waals surface area contributed by atoms with Crippen LogP contribution in [0.2, 0.25) is 0 Å². The standard InChI is InChI=1S/C22H22N6O2/c1-22(13-18(29)28(2)21(23)27-22)14-6-5-7-15(12-14)26-20(30)17-9-4-3-8-16(17)19-24-10-11-25-19/h3-12H,13H2,1-2H3,(H2,23,27)(H,24,25)(H,26,30)/t22-/m1/s1. The normalized spacial score (nSPS) is 18.8. The van der Waals surface area contributed by atoms with Crippen molar-refractivity contribution in [3.05, 3.63) is 72.1 Å². The Morgan fingerprint density at radius 2 is 2.03 bits per heavy atom. The van der Waals surface area contributed by atoms with E-state index in [1.54, 1.807) is 37.6 Å². The quantitative estimate of drug-likeness (QED) is 0.622. The van der Waals surface area contributed by atoms with Crippen molar-refractivity contribution in [1.29, 1.82) is 0 Å². The average Bonchev–Trinajstić information content (AvgIpc) is 3.27. The first-order valence-corrected chi connectivity index (χ1v) is 9.50. The highest BCUT2D eigenvalue weighted by atomic mass is 16.2.